The monoisotopic (exact) mass is 109 g/mol. The van der Waals surface area contributed by atoms with Gasteiger partial charge in [-0.2, -0.15) is 0 Å². The van der Waals surface area contributed by atoms with Crippen LogP contribution in [0.25, 0.3) is 0 Å². The molecule has 2 N–H and O–H groups in total. The fraction of sp³-hybridized carbons (Fsp3) is 1.00. The average molecular weight is 109 g/mol. The molecule has 6 heavy (non-hydrogen) atoms. The minimum atomic E-state index is -2.85. The summed E-state index contributed by atoms with van der Waals surface area (Å²) in [5, 5.41) is 0. The van der Waals surface area contributed by atoms with Gasteiger partial charge < -0.3 is 4.53 Å². The van der Waals surface area contributed by atoms with Crippen molar-refractivity contribution < 1.29 is 8.63 Å². The van der Waals surface area contributed by atoms with Gasteiger partial charge in [-0.25, -0.2) is 5.90 Å². The Bertz CT molecular complexity index is 43.3. The topological polar surface area (TPSA) is 35.2 Å². The molecule has 0 saturated heterocycles. The van der Waals surface area contributed by atoms with Crippen molar-refractivity contribution in [1.29, 1.82) is 0 Å². The molecule has 0 aromatic heterocycles. The van der Waals surface area contributed by atoms with Gasteiger partial charge in [0.25, 0.3) is 0 Å². The highest BCUT2D eigenvalue weighted by Crippen LogP contribution is 1.98. The van der Waals surface area contributed by atoms with Gasteiger partial charge in [0.05, 0.1) is 0 Å². The third kappa shape index (κ3) is 4.07. The Kier molecular flexibility index (Phi) is 1.70. The summed E-state index contributed by atoms with van der Waals surface area (Å²) in [5.41, 5.74) is 0. The summed E-state index contributed by atoms with van der Waals surface area (Å²) in [7, 11) is -2.85. The van der Waals surface area contributed by atoms with Crippen LogP contribution in [-0.2, 0) is 4.53 Å². The minimum Gasteiger partial charge on any atom is -0.311 e. The van der Waals surface area contributed by atoms with E-state index in [1.165, 1.54) is 13.1 Å². The summed E-state index contributed by atoms with van der Waals surface area (Å²) < 4.78 is 15.8. The first-order chi connectivity index (χ1) is 2.56. The molecule has 0 fully saturated rings. The van der Waals surface area contributed by atoms with Crippen molar-refractivity contribution in [3.8, 4) is 0 Å². The van der Waals surface area contributed by atoms with E-state index in [0.29, 0.717) is 0 Å². The molecule has 0 saturated carbocycles. The van der Waals surface area contributed by atoms with Gasteiger partial charge in [-0.15, -0.1) is 0 Å². The molecule has 0 aromatic carbocycles. The van der Waals surface area contributed by atoms with E-state index in [1.54, 1.807) is 0 Å². The smallest absolute Gasteiger partial charge is 0.311 e. The summed E-state index contributed by atoms with van der Waals surface area (Å²) in [5.74, 6) is 4.49. The number of hydrogen-bond donors (Lipinski definition) is 1. The van der Waals surface area contributed by atoms with Gasteiger partial charge in [0.2, 0.25) is 0 Å². The van der Waals surface area contributed by atoms with E-state index in [2.05, 4.69) is 10.4 Å². The minimum absolute atomic E-state index is 1.37. The fourth-order valence-electron chi connectivity index (χ4n) is 0. The van der Waals surface area contributed by atoms with Gasteiger partial charge in [-0.3, -0.25) is 4.11 Å². The van der Waals surface area contributed by atoms with Gasteiger partial charge >= 0.3 is 8.65 Å². The molecular weight excluding hydrogens is 101 g/mol. The van der Waals surface area contributed by atoms with E-state index in [9.17, 15) is 4.11 Å². The molecule has 0 amide bonds. The zero-order valence-electron chi connectivity index (χ0n) is 3.86. The molecule has 2 nitrogen and oxygen atoms in total. The van der Waals surface area contributed by atoms with Crippen molar-refractivity contribution in [2.24, 2.45) is 5.90 Å². The first kappa shape index (κ1) is 6.07. The van der Waals surface area contributed by atoms with Crippen LogP contribution < -0.4 is 5.90 Å². The second-order valence-electron chi connectivity index (χ2n) is 1.48. The third-order valence-electron chi connectivity index (χ3n) is 0.280. The summed E-state index contributed by atoms with van der Waals surface area (Å²) in [4.78, 5) is 0. The Morgan fingerprint density at radius 2 is 1.83 bits per heavy atom. The van der Waals surface area contributed by atoms with Gasteiger partial charge in [0.15, 0.2) is 0 Å². The average Bonchev–Trinajstić information content (AvgIpc) is 1.35. The van der Waals surface area contributed by atoms with Gasteiger partial charge in [0, 0.05) is 0 Å². The van der Waals surface area contributed by atoms with Crippen LogP contribution in [0.1, 0.15) is 0 Å². The quantitative estimate of drug-likeness (QED) is 0.303. The molecule has 0 aliphatic carbocycles. The van der Waals surface area contributed by atoms with Crippen LogP contribution in [0.2, 0.25) is 13.1 Å². The first-order valence-electron chi connectivity index (χ1n) is 1.63. The fourth-order valence-corrected chi connectivity index (χ4v) is 0. The van der Waals surface area contributed by atoms with Crippen molar-refractivity contribution in [2.75, 3.05) is 0 Å². The van der Waals surface area contributed by atoms with Gasteiger partial charge in [-0.05, 0) is 13.1 Å². The van der Waals surface area contributed by atoms with Gasteiger partial charge in [0.1, 0.15) is 0 Å². The Morgan fingerprint density at radius 3 is 1.83 bits per heavy atom. The Balaban J connectivity index is 3.17. The van der Waals surface area contributed by atoms with E-state index in [0.717, 1.165) is 0 Å². The van der Waals surface area contributed by atoms with Crippen molar-refractivity contribution in [1.82, 2.24) is 0 Å². The molecule has 0 spiro atoms. The summed E-state index contributed by atoms with van der Waals surface area (Å²) in [6, 6.07) is 0. The first-order valence-corrected chi connectivity index (χ1v) is 4.42. The van der Waals surface area contributed by atoms with E-state index >= 15 is 0 Å². The molecule has 0 unspecified atom stereocenters. The van der Waals surface area contributed by atoms with Crippen molar-refractivity contribution in [3.63, 3.8) is 0 Å². The molecule has 0 aliphatic rings. The summed E-state index contributed by atoms with van der Waals surface area (Å²) >= 11 is 0. The lowest BCUT2D eigenvalue weighted by atomic mass is 11.9. The predicted octanol–water partition coefficient (Wildman–Crippen LogP) is 0.548. The van der Waals surface area contributed by atoms with Crippen LogP contribution in [0.4, 0.5) is 4.11 Å². The van der Waals surface area contributed by atoms with Crippen LogP contribution in [0.3, 0.4) is 0 Å². The lowest BCUT2D eigenvalue weighted by Crippen LogP contribution is -2.27. The highest BCUT2D eigenvalue weighted by Gasteiger charge is 2.19. The lowest BCUT2D eigenvalue weighted by molar-refractivity contribution is 0.287. The van der Waals surface area contributed by atoms with Crippen molar-refractivity contribution >= 4 is 8.65 Å². The molecule has 0 atom stereocenters. The molecule has 0 radical (unpaired) electrons. The Labute approximate surface area is 37.4 Å². The van der Waals surface area contributed by atoms with Crippen LogP contribution in [-0.4, -0.2) is 8.65 Å². The maximum atomic E-state index is 11.9. The summed E-state index contributed by atoms with van der Waals surface area (Å²) in [6.07, 6.45) is 0. The predicted molar refractivity (Wildman–Crippen MR) is 23.9 cm³/mol. The Hall–Kier alpha value is 0.0669. The lowest BCUT2D eigenvalue weighted by Gasteiger charge is -2.03. The summed E-state index contributed by atoms with van der Waals surface area (Å²) in [6.45, 7) is 2.74. The Morgan fingerprint density at radius 1 is 1.67 bits per heavy atom. The van der Waals surface area contributed by atoms with E-state index in [4.69, 9.17) is 0 Å². The van der Waals surface area contributed by atoms with E-state index in [-0.39, 0.29) is 0 Å². The van der Waals surface area contributed by atoms with Gasteiger partial charge in [-0.1, -0.05) is 0 Å². The second-order valence-corrected chi connectivity index (χ2v) is 4.44. The van der Waals surface area contributed by atoms with Crippen molar-refractivity contribution in [2.45, 2.75) is 13.1 Å². The molecule has 0 aliphatic heterocycles. The molecule has 0 aromatic rings. The largest absolute Gasteiger partial charge is 0.395 e. The number of hydrogen-bond acceptors (Lipinski definition) is 2. The van der Waals surface area contributed by atoms with Crippen LogP contribution in [0.5, 0.6) is 0 Å². The maximum Gasteiger partial charge on any atom is 0.395 e. The van der Waals surface area contributed by atoms with E-state index in [1.807, 2.05) is 0 Å². The molecule has 0 bridgehead atoms. The van der Waals surface area contributed by atoms with Crippen molar-refractivity contribution in [3.05, 3.63) is 0 Å². The standard InChI is InChI=1S/C2H8FNOSi/c1-6(2,3)5-4/h4H2,1-2H3. The maximum absolute atomic E-state index is 11.9. The SMILES string of the molecule is C[Si](C)(F)ON. The third-order valence-corrected chi connectivity index (χ3v) is 0.841. The highest BCUT2D eigenvalue weighted by atomic mass is 28.4. The number of nitrogens with two attached hydrogens (primary N) is 1. The molecule has 0 rings (SSSR count). The van der Waals surface area contributed by atoms with Crippen LogP contribution in [0, 0.1) is 0 Å². The highest BCUT2D eigenvalue weighted by molar-refractivity contribution is 6.63. The molecule has 38 valence electrons. The van der Waals surface area contributed by atoms with Crippen LogP contribution in [0.15, 0.2) is 0 Å². The number of rotatable bonds is 1. The molecule has 0 heterocycles. The number of halogens is 1. The van der Waals surface area contributed by atoms with E-state index < -0.39 is 8.65 Å². The molecule has 4 heteroatoms. The second kappa shape index (κ2) is 1.68. The van der Waals surface area contributed by atoms with Crippen LogP contribution >= 0.6 is 0 Å². The zero-order chi connectivity index (χ0) is 5.21. The molecular formula is C2H8FNOSi. The normalized spacial score (nSPS) is 12.0. The zero-order valence-corrected chi connectivity index (χ0v) is 4.86.